The van der Waals surface area contributed by atoms with Gasteiger partial charge in [0.1, 0.15) is 0 Å². The second kappa shape index (κ2) is 6.85. The number of aromatic nitrogens is 1. The van der Waals surface area contributed by atoms with E-state index in [1.165, 1.54) is 23.9 Å². The lowest BCUT2D eigenvalue weighted by Crippen LogP contribution is -2.39. The van der Waals surface area contributed by atoms with Crippen LogP contribution in [0, 0.1) is 13.8 Å². The maximum Gasteiger partial charge on any atom is 0.337 e. The number of ether oxygens (including phenoxy) is 1. The van der Waals surface area contributed by atoms with Gasteiger partial charge in [0.05, 0.1) is 17.6 Å². The van der Waals surface area contributed by atoms with Gasteiger partial charge in [0, 0.05) is 11.4 Å². The Morgan fingerprint density at radius 1 is 1.12 bits per heavy atom. The third kappa shape index (κ3) is 3.25. The summed E-state index contributed by atoms with van der Waals surface area (Å²) >= 11 is 6.66. The Labute approximate surface area is 155 Å². The molecule has 1 fully saturated rings. The number of benzene rings is 1. The zero-order chi connectivity index (χ0) is 18.1. The molecule has 3 rings (SSSR count). The highest BCUT2D eigenvalue weighted by molar-refractivity contribution is 8.27. The fourth-order valence-electron chi connectivity index (χ4n) is 2.59. The summed E-state index contributed by atoms with van der Waals surface area (Å²) in [6.07, 6.45) is 1.77. The third-order valence-electron chi connectivity index (χ3n) is 3.84. The molecule has 0 spiro atoms. The molecular formula is C18H16N2O3S2. The van der Waals surface area contributed by atoms with Gasteiger partial charge in [-0.05, 0) is 62.0 Å². The number of thiocarbonyl (C=S) groups is 1. The highest BCUT2D eigenvalue weighted by Crippen LogP contribution is 2.32. The largest absolute Gasteiger partial charge is 0.465 e. The Kier molecular flexibility index (Phi) is 4.78. The molecule has 1 aliphatic heterocycles. The molecular weight excluding hydrogens is 356 g/mol. The second-order valence-electron chi connectivity index (χ2n) is 5.54. The first kappa shape index (κ1) is 17.4. The smallest absolute Gasteiger partial charge is 0.337 e. The molecule has 1 aromatic carbocycles. The van der Waals surface area contributed by atoms with E-state index in [-0.39, 0.29) is 5.91 Å². The van der Waals surface area contributed by atoms with E-state index in [2.05, 4.69) is 4.74 Å². The minimum atomic E-state index is -0.392. The molecule has 0 atom stereocenters. The van der Waals surface area contributed by atoms with E-state index in [1.54, 1.807) is 30.3 Å². The van der Waals surface area contributed by atoms with E-state index in [0.717, 1.165) is 17.0 Å². The van der Waals surface area contributed by atoms with Gasteiger partial charge in [-0.2, -0.15) is 5.01 Å². The molecule has 1 aliphatic rings. The zero-order valence-corrected chi connectivity index (χ0v) is 15.6. The number of rotatable bonds is 3. The van der Waals surface area contributed by atoms with Gasteiger partial charge in [0.15, 0.2) is 4.32 Å². The number of amides is 1. The van der Waals surface area contributed by atoms with E-state index in [0.29, 0.717) is 14.8 Å². The molecule has 1 amide bonds. The van der Waals surface area contributed by atoms with Gasteiger partial charge in [-0.25, -0.2) is 4.79 Å². The Hall–Kier alpha value is -2.38. The summed E-state index contributed by atoms with van der Waals surface area (Å²) in [5.74, 6) is -0.550. The summed E-state index contributed by atoms with van der Waals surface area (Å²) in [4.78, 5) is 24.8. The summed E-state index contributed by atoms with van der Waals surface area (Å²) in [6, 6.07) is 10.8. The molecule has 25 heavy (non-hydrogen) atoms. The minimum absolute atomic E-state index is 0.158. The number of esters is 1. The van der Waals surface area contributed by atoms with E-state index < -0.39 is 5.97 Å². The van der Waals surface area contributed by atoms with E-state index in [9.17, 15) is 9.59 Å². The van der Waals surface area contributed by atoms with Gasteiger partial charge >= 0.3 is 5.97 Å². The molecule has 1 saturated heterocycles. The van der Waals surface area contributed by atoms with Crippen molar-refractivity contribution in [3.8, 4) is 0 Å². The Balaban J connectivity index is 1.89. The maximum absolute atomic E-state index is 12.8. The van der Waals surface area contributed by atoms with Crippen LogP contribution in [-0.4, -0.2) is 28.0 Å². The van der Waals surface area contributed by atoms with Crippen molar-refractivity contribution >= 4 is 46.3 Å². The molecule has 2 heterocycles. The quantitative estimate of drug-likeness (QED) is 0.469. The van der Waals surface area contributed by atoms with E-state index in [1.807, 2.05) is 30.7 Å². The highest BCUT2D eigenvalue weighted by Gasteiger charge is 2.34. The number of carbonyl (C=O) groups is 2. The molecule has 0 N–H and O–H groups in total. The number of hydrogen-bond donors (Lipinski definition) is 0. The number of hydrogen-bond acceptors (Lipinski definition) is 5. The van der Waals surface area contributed by atoms with Crippen LogP contribution < -0.4 is 5.01 Å². The standard InChI is InChI=1S/C18H16N2O3S2/c1-11-4-5-12(2)19(11)20-16(21)15(25-18(20)24)10-13-6-8-14(9-7-13)17(22)23-3/h4-10H,1-3H3/b15-10+. The van der Waals surface area contributed by atoms with Gasteiger partial charge in [0.2, 0.25) is 0 Å². The Morgan fingerprint density at radius 3 is 2.28 bits per heavy atom. The Morgan fingerprint density at radius 2 is 1.72 bits per heavy atom. The first-order chi connectivity index (χ1) is 11.9. The summed E-state index contributed by atoms with van der Waals surface area (Å²) in [6.45, 7) is 3.86. The monoisotopic (exact) mass is 372 g/mol. The van der Waals surface area contributed by atoms with Crippen molar-refractivity contribution in [3.63, 3.8) is 0 Å². The summed E-state index contributed by atoms with van der Waals surface area (Å²) in [5.41, 5.74) is 3.16. The fraction of sp³-hybridized carbons (Fsp3) is 0.167. The highest BCUT2D eigenvalue weighted by atomic mass is 32.2. The predicted octanol–water partition coefficient (Wildman–Crippen LogP) is 3.43. The van der Waals surface area contributed by atoms with Crippen LogP contribution in [-0.2, 0) is 9.53 Å². The summed E-state index contributed by atoms with van der Waals surface area (Å²) < 4.78 is 6.99. The van der Waals surface area contributed by atoms with E-state index in [4.69, 9.17) is 12.2 Å². The average Bonchev–Trinajstić information content (AvgIpc) is 3.06. The van der Waals surface area contributed by atoms with Gasteiger partial charge in [-0.15, -0.1) is 0 Å². The van der Waals surface area contributed by atoms with Gasteiger partial charge in [0.25, 0.3) is 5.91 Å². The van der Waals surface area contributed by atoms with Crippen molar-refractivity contribution in [3.05, 3.63) is 63.8 Å². The Bertz CT molecular complexity index is 878. The number of methoxy groups -OCH3 is 1. The van der Waals surface area contributed by atoms with Crippen LogP contribution in [0.2, 0.25) is 0 Å². The van der Waals surface area contributed by atoms with Crippen LogP contribution in [0.1, 0.15) is 27.3 Å². The molecule has 0 saturated carbocycles. The van der Waals surface area contributed by atoms with Crippen LogP contribution >= 0.6 is 24.0 Å². The molecule has 5 nitrogen and oxygen atoms in total. The van der Waals surface area contributed by atoms with Crippen LogP contribution in [0.5, 0.6) is 0 Å². The number of thioether (sulfide) groups is 1. The SMILES string of the molecule is COC(=O)c1ccc(/C=C2/SC(=S)N(n3c(C)ccc3C)C2=O)cc1. The van der Waals surface area contributed by atoms with Crippen molar-refractivity contribution in [1.29, 1.82) is 0 Å². The summed E-state index contributed by atoms with van der Waals surface area (Å²) in [7, 11) is 1.34. The molecule has 0 unspecified atom stereocenters. The van der Waals surface area contributed by atoms with Crippen LogP contribution in [0.4, 0.5) is 0 Å². The first-order valence-corrected chi connectivity index (χ1v) is 8.76. The van der Waals surface area contributed by atoms with Crippen molar-refractivity contribution in [2.24, 2.45) is 0 Å². The lowest BCUT2D eigenvalue weighted by molar-refractivity contribution is -0.114. The molecule has 0 radical (unpaired) electrons. The van der Waals surface area contributed by atoms with Gasteiger partial charge in [-0.1, -0.05) is 23.9 Å². The molecule has 1 aromatic heterocycles. The number of carbonyl (C=O) groups excluding carboxylic acids is 2. The maximum atomic E-state index is 12.8. The van der Waals surface area contributed by atoms with Crippen LogP contribution in [0.3, 0.4) is 0 Å². The third-order valence-corrected chi connectivity index (χ3v) is 5.12. The summed E-state index contributed by atoms with van der Waals surface area (Å²) in [5, 5.41) is 1.51. The predicted molar refractivity (Wildman–Crippen MR) is 103 cm³/mol. The lowest BCUT2D eigenvalue weighted by atomic mass is 10.1. The first-order valence-electron chi connectivity index (χ1n) is 7.54. The lowest BCUT2D eigenvalue weighted by Gasteiger charge is -2.20. The molecule has 0 aliphatic carbocycles. The molecule has 2 aromatic rings. The van der Waals surface area contributed by atoms with Gasteiger partial charge < -0.3 is 4.74 Å². The van der Waals surface area contributed by atoms with Crippen LogP contribution in [0.25, 0.3) is 6.08 Å². The van der Waals surface area contributed by atoms with Crippen molar-refractivity contribution in [1.82, 2.24) is 4.68 Å². The van der Waals surface area contributed by atoms with E-state index >= 15 is 0 Å². The fourth-order valence-corrected chi connectivity index (χ4v) is 3.83. The van der Waals surface area contributed by atoms with Crippen molar-refractivity contribution in [2.75, 3.05) is 12.1 Å². The molecule has 7 heteroatoms. The topological polar surface area (TPSA) is 51.5 Å². The second-order valence-corrected chi connectivity index (χ2v) is 7.21. The van der Waals surface area contributed by atoms with Crippen molar-refractivity contribution in [2.45, 2.75) is 13.8 Å². The number of aryl methyl sites for hydroxylation is 2. The van der Waals surface area contributed by atoms with Crippen LogP contribution in [0.15, 0.2) is 41.3 Å². The molecule has 0 bridgehead atoms. The average molecular weight is 372 g/mol. The zero-order valence-electron chi connectivity index (χ0n) is 14.0. The molecule has 128 valence electrons. The number of nitrogens with zero attached hydrogens (tertiary/aromatic N) is 2. The normalized spacial score (nSPS) is 16.0. The minimum Gasteiger partial charge on any atom is -0.465 e. The van der Waals surface area contributed by atoms with Gasteiger partial charge in [-0.3, -0.25) is 9.47 Å². The van der Waals surface area contributed by atoms with Crippen molar-refractivity contribution < 1.29 is 14.3 Å².